The molecule has 2 aliphatic heterocycles. The molecule has 2 atom stereocenters. The highest BCUT2D eigenvalue weighted by Crippen LogP contribution is 2.39. The Morgan fingerprint density at radius 3 is 2.38 bits per heavy atom. The van der Waals surface area contributed by atoms with E-state index in [1.54, 1.807) is 11.8 Å². The van der Waals surface area contributed by atoms with Crippen molar-refractivity contribution in [2.45, 2.75) is 57.8 Å². The van der Waals surface area contributed by atoms with E-state index < -0.39 is 6.09 Å². The van der Waals surface area contributed by atoms with E-state index in [0.29, 0.717) is 12.5 Å². The lowest BCUT2D eigenvalue weighted by atomic mass is 9.89. The van der Waals surface area contributed by atoms with Crippen molar-refractivity contribution in [2.75, 3.05) is 18.0 Å². The van der Waals surface area contributed by atoms with E-state index in [4.69, 9.17) is 5.73 Å². The van der Waals surface area contributed by atoms with E-state index in [1.165, 1.54) is 5.56 Å². The summed E-state index contributed by atoms with van der Waals surface area (Å²) < 4.78 is 0. The second kappa shape index (κ2) is 9.30. The summed E-state index contributed by atoms with van der Waals surface area (Å²) >= 11 is 0. The number of carbonyl (C=O) groups is 2. The molecule has 2 aromatic carbocycles. The molecule has 2 aliphatic rings. The average molecular weight is 437 g/mol. The van der Waals surface area contributed by atoms with Crippen LogP contribution in [0.1, 0.15) is 50.3 Å². The minimum atomic E-state index is -1.06. The molecular formula is C25H32N4O3. The number of carboxylic acid groups (broad SMARTS) is 1. The first-order valence-corrected chi connectivity index (χ1v) is 11.3. The molecule has 170 valence electrons. The zero-order valence-electron chi connectivity index (χ0n) is 18.8. The first kappa shape index (κ1) is 22.3. The molecule has 7 heteroatoms. The van der Waals surface area contributed by atoms with E-state index in [2.05, 4.69) is 34.5 Å². The van der Waals surface area contributed by atoms with E-state index in [1.807, 2.05) is 25.1 Å². The van der Waals surface area contributed by atoms with Crippen molar-refractivity contribution < 1.29 is 14.7 Å². The fourth-order valence-electron chi connectivity index (χ4n) is 4.98. The molecule has 1 saturated heterocycles. The van der Waals surface area contributed by atoms with Crippen LogP contribution in [0.5, 0.6) is 0 Å². The molecule has 0 spiro atoms. The number of anilines is 1. The number of hydrogen-bond acceptors (Lipinski definition) is 4. The van der Waals surface area contributed by atoms with Gasteiger partial charge in [-0.2, -0.15) is 0 Å². The maximum absolute atomic E-state index is 12.3. The second-order valence-electron chi connectivity index (χ2n) is 9.06. The monoisotopic (exact) mass is 436 g/mol. The maximum Gasteiger partial charge on any atom is 0.405 e. The predicted molar refractivity (Wildman–Crippen MR) is 126 cm³/mol. The second-order valence-corrected chi connectivity index (χ2v) is 9.06. The van der Waals surface area contributed by atoms with Crippen LogP contribution in [0, 0.1) is 0 Å². The van der Waals surface area contributed by atoms with Crippen molar-refractivity contribution >= 4 is 17.7 Å². The average Bonchev–Trinajstić information content (AvgIpc) is 2.75. The standard InChI is InChI=1S/C25H32N4O3/c1-16-13-23(27-25(31)32)22-14-20(7-8-24(22)29(16)17(2)30)19-5-3-18(4-6-19)15-28-11-9-21(26)10-12-28/h3-8,14,16,21,23,27H,9-13,15,26H2,1-2H3,(H,31,32)/t16-,23+/m1/s1. The first-order valence-electron chi connectivity index (χ1n) is 11.3. The van der Waals surface area contributed by atoms with Gasteiger partial charge in [-0.05, 0) is 73.7 Å². The molecule has 4 N–H and O–H groups in total. The molecule has 2 heterocycles. The van der Waals surface area contributed by atoms with E-state index >= 15 is 0 Å². The van der Waals surface area contributed by atoms with Crippen LogP contribution in [0.4, 0.5) is 10.5 Å². The van der Waals surface area contributed by atoms with Crippen LogP contribution in [-0.4, -0.2) is 47.2 Å². The summed E-state index contributed by atoms with van der Waals surface area (Å²) in [6.07, 6.45) is 1.59. The number of nitrogens with zero attached hydrogens (tertiary/aromatic N) is 2. The number of nitrogens with two attached hydrogens (primary N) is 1. The van der Waals surface area contributed by atoms with Gasteiger partial charge in [0.1, 0.15) is 0 Å². The number of rotatable bonds is 4. The molecule has 0 aliphatic carbocycles. The molecule has 0 radical (unpaired) electrons. The molecule has 2 amide bonds. The summed E-state index contributed by atoms with van der Waals surface area (Å²) in [6, 6.07) is 14.4. The number of likely N-dealkylation sites (tertiary alicyclic amines) is 1. The van der Waals surface area contributed by atoms with Gasteiger partial charge in [-0.25, -0.2) is 4.79 Å². The molecule has 0 aromatic heterocycles. The molecule has 0 bridgehead atoms. The Balaban J connectivity index is 1.58. The molecule has 7 nitrogen and oxygen atoms in total. The Hall–Kier alpha value is -2.90. The summed E-state index contributed by atoms with van der Waals surface area (Å²) in [5, 5.41) is 11.9. The Morgan fingerprint density at radius 1 is 1.09 bits per heavy atom. The van der Waals surface area contributed by atoms with Gasteiger partial charge >= 0.3 is 6.09 Å². The molecule has 32 heavy (non-hydrogen) atoms. The molecule has 1 fully saturated rings. The van der Waals surface area contributed by atoms with Gasteiger partial charge in [0.05, 0.1) is 6.04 Å². The maximum atomic E-state index is 12.3. The van der Waals surface area contributed by atoms with Crippen molar-refractivity contribution in [1.29, 1.82) is 0 Å². The number of benzene rings is 2. The van der Waals surface area contributed by atoms with E-state index in [9.17, 15) is 14.7 Å². The van der Waals surface area contributed by atoms with Crippen LogP contribution in [0.15, 0.2) is 42.5 Å². The topological polar surface area (TPSA) is 98.9 Å². The quantitative estimate of drug-likeness (QED) is 0.678. The van der Waals surface area contributed by atoms with Gasteiger partial charge in [0.15, 0.2) is 0 Å². The Morgan fingerprint density at radius 2 is 1.75 bits per heavy atom. The summed E-state index contributed by atoms with van der Waals surface area (Å²) in [7, 11) is 0. The van der Waals surface area contributed by atoms with Gasteiger partial charge in [-0.1, -0.05) is 30.3 Å². The third-order valence-corrected chi connectivity index (χ3v) is 6.64. The van der Waals surface area contributed by atoms with E-state index in [-0.39, 0.29) is 18.0 Å². The fraction of sp³-hybridized carbons (Fsp3) is 0.440. The summed E-state index contributed by atoms with van der Waals surface area (Å²) in [6.45, 7) is 6.50. The molecule has 2 aromatic rings. The van der Waals surface area contributed by atoms with Crippen LogP contribution >= 0.6 is 0 Å². The summed E-state index contributed by atoms with van der Waals surface area (Å²) in [4.78, 5) is 27.8. The van der Waals surface area contributed by atoms with Crippen LogP contribution in [0.25, 0.3) is 11.1 Å². The van der Waals surface area contributed by atoms with Gasteiger partial charge < -0.3 is 21.1 Å². The van der Waals surface area contributed by atoms with Crippen LogP contribution in [-0.2, 0) is 11.3 Å². The van der Waals surface area contributed by atoms with Gasteiger partial charge in [0.2, 0.25) is 5.91 Å². The fourth-order valence-corrected chi connectivity index (χ4v) is 4.98. The number of fused-ring (bicyclic) bond motifs is 1. The normalized spacial score (nSPS) is 21.8. The minimum absolute atomic E-state index is 0.0386. The van der Waals surface area contributed by atoms with Crippen molar-refractivity contribution in [3.8, 4) is 11.1 Å². The van der Waals surface area contributed by atoms with Gasteiger partial charge in [0, 0.05) is 31.2 Å². The molecule has 0 unspecified atom stereocenters. The van der Waals surface area contributed by atoms with Crippen LogP contribution < -0.4 is 16.0 Å². The van der Waals surface area contributed by atoms with Crippen molar-refractivity contribution in [2.24, 2.45) is 5.73 Å². The third kappa shape index (κ3) is 4.79. The largest absolute Gasteiger partial charge is 0.465 e. The van der Waals surface area contributed by atoms with Gasteiger partial charge in [-0.15, -0.1) is 0 Å². The number of carbonyl (C=O) groups excluding carboxylic acids is 1. The molecule has 4 rings (SSSR count). The van der Waals surface area contributed by atoms with Gasteiger partial charge in [-0.3, -0.25) is 9.69 Å². The zero-order chi connectivity index (χ0) is 22.8. The first-order chi connectivity index (χ1) is 15.3. The van der Waals surface area contributed by atoms with Crippen LogP contribution in [0.2, 0.25) is 0 Å². The Bertz CT molecular complexity index is 983. The minimum Gasteiger partial charge on any atom is -0.465 e. The lowest BCUT2D eigenvalue weighted by Crippen LogP contribution is -2.45. The Kier molecular flexibility index (Phi) is 6.48. The Labute approximate surface area is 189 Å². The smallest absolute Gasteiger partial charge is 0.405 e. The third-order valence-electron chi connectivity index (χ3n) is 6.64. The number of piperidine rings is 1. The lowest BCUT2D eigenvalue weighted by Gasteiger charge is -2.39. The zero-order valence-corrected chi connectivity index (χ0v) is 18.8. The molecular weight excluding hydrogens is 404 g/mol. The summed E-state index contributed by atoms with van der Waals surface area (Å²) in [5.74, 6) is -0.0386. The van der Waals surface area contributed by atoms with E-state index in [0.717, 1.165) is 54.9 Å². The lowest BCUT2D eigenvalue weighted by molar-refractivity contribution is -0.117. The van der Waals surface area contributed by atoms with Crippen molar-refractivity contribution in [1.82, 2.24) is 10.2 Å². The van der Waals surface area contributed by atoms with Crippen molar-refractivity contribution in [3.05, 3.63) is 53.6 Å². The number of hydrogen-bond donors (Lipinski definition) is 3. The van der Waals surface area contributed by atoms with Crippen molar-refractivity contribution in [3.63, 3.8) is 0 Å². The number of nitrogens with one attached hydrogen (secondary N) is 1. The SMILES string of the molecule is CC(=O)N1c2ccc(-c3ccc(CN4CCC(N)CC4)cc3)cc2[C@@H](NC(=O)O)C[C@H]1C. The van der Waals surface area contributed by atoms with Gasteiger partial charge in [0.25, 0.3) is 0 Å². The highest BCUT2D eigenvalue weighted by Gasteiger charge is 2.33. The highest BCUT2D eigenvalue weighted by molar-refractivity contribution is 5.94. The summed E-state index contributed by atoms with van der Waals surface area (Å²) in [5.41, 5.74) is 11.0. The van der Waals surface area contributed by atoms with Crippen LogP contribution in [0.3, 0.4) is 0 Å². The predicted octanol–water partition coefficient (Wildman–Crippen LogP) is 3.73. The number of amides is 2. The molecule has 0 saturated carbocycles. The highest BCUT2D eigenvalue weighted by atomic mass is 16.4.